The molecule has 0 saturated heterocycles. The number of aromatic nitrogens is 1. The van der Waals surface area contributed by atoms with Crippen molar-refractivity contribution in [2.24, 2.45) is 5.73 Å². The number of ether oxygens (including phenoxy) is 1. The average Bonchev–Trinajstić information content (AvgIpc) is 3.06. The minimum Gasteiger partial charge on any atom is -0.492 e. The van der Waals surface area contributed by atoms with E-state index >= 15 is 0 Å². The fourth-order valence-electron chi connectivity index (χ4n) is 2.77. The minimum absolute atomic E-state index is 0.0627. The molecule has 7 nitrogen and oxygen atoms in total. The predicted octanol–water partition coefficient (Wildman–Crippen LogP) is 2.87. The van der Waals surface area contributed by atoms with Gasteiger partial charge in [0.15, 0.2) is 5.96 Å². The second-order valence-corrected chi connectivity index (χ2v) is 6.24. The van der Waals surface area contributed by atoms with E-state index in [1.54, 1.807) is 0 Å². The van der Waals surface area contributed by atoms with Crippen LogP contribution in [0.5, 0.6) is 5.75 Å². The molecular weight excluding hydrogens is 375 g/mol. The Kier molecular flexibility index (Phi) is 6.55. The molecule has 4 N–H and O–H groups in total. The summed E-state index contributed by atoms with van der Waals surface area (Å²) in [5.74, 6) is -1.16. The number of nitrogens with zero attached hydrogens (tertiary/aromatic N) is 2. The highest BCUT2D eigenvalue weighted by molar-refractivity contribution is 6.06. The van der Waals surface area contributed by atoms with Gasteiger partial charge in [0.25, 0.3) is 5.91 Å². The summed E-state index contributed by atoms with van der Waals surface area (Å²) >= 11 is 0. The number of fused-ring (bicyclic) bond motifs is 1. The van der Waals surface area contributed by atoms with E-state index in [0.717, 1.165) is 30.1 Å². The Labute approximate surface area is 160 Å². The van der Waals surface area contributed by atoms with Gasteiger partial charge in [-0.3, -0.25) is 15.1 Å². The molecule has 0 fully saturated rings. The number of carbonyl (C=O) groups is 1. The number of benzene rings is 1. The molecule has 1 aromatic heterocycles. The number of amides is 1. The van der Waals surface area contributed by atoms with E-state index in [2.05, 4.69) is 9.88 Å². The fourth-order valence-corrected chi connectivity index (χ4v) is 2.77. The molecule has 0 aliphatic heterocycles. The first-order valence-electron chi connectivity index (χ1n) is 8.79. The van der Waals surface area contributed by atoms with E-state index in [1.165, 1.54) is 13.1 Å². The van der Waals surface area contributed by atoms with E-state index in [1.807, 2.05) is 13.8 Å². The van der Waals surface area contributed by atoms with Gasteiger partial charge in [-0.2, -0.15) is 13.2 Å². The Bertz CT molecular complexity index is 859. The molecular formula is C18H24F3N5O2. The number of carbonyl (C=O) groups excluding carboxylic acids is 1. The van der Waals surface area contributed by atoms with Gasteiger partial charge in [0.2, 0.25) is 0 Å². The quantitative estimate of drug-likeness (QED) is 0.493. The highest BCUT2D eigenvalue weighted by Gasteiger charge is 2.34. The number of alkyl halides is 3. The van der Waals surface area contributed by atoms with Crippen molar-refractivity contribution in [3.05, 3.63) is 29.5 Å². The summed E-state index contributed by atoms with van der Waals surface area (Å²) < 4.78 is 46.1. The van der Waals surface area contributed by atoms with Crippen molar-refractivity contribution in [3.63, 3.8) is 0 Å². The third-order valence-corrected chi connectivity index (χ3v) is 4.48. The van der Waals surface area contributed by atoms with E-state index < -0.39 is 23.6 Å². The number of H-pyrrole nitrogens is 1. The summed E-state index contributed by atoms with van der Waals surface area (Å²) in [4.78, 5) is 17.9. The number of hydrogen-bond donors (Lipinski definition) is 3. The largest absolute Gasteiger partial charge is 0.492 e. The Morgan fingerprint density at radius 1 is 1.25 bits per heavy atom. The van der Waals surface area contributed by atoms with Crippen molar-refractivity contribution in [1.29, 1.82) is 5.41 Å². The first-order valence-corrected chi connectivity index (χ1v) is 8.79. The van der Waals surface area contributed by atoms with Crippen molar-refractivity contribution in [3.8, 4) is 5.75 Å². The van der Waals surface area contributed by atoms with Crippen LogP contribution in [0, 0.1) is 5.41 Å². The normalized spacial score (nSPS) is 11.8. The number of nitrogens with one attached hydrogen (secondary N) is 2. The molecule has 1 aromatic carbocycles. The first kappa shape index (κ1) is 21.5. The van der Waals surface area contributed by atoms with Crippen LogP contribution in [0.2, 0.25) is 0 Å². The molecule has 1 heterocycles. The van der Waals surface area contributed by atoms with Crippen LogP contribution in [0.4, 0.5) is 13.2 Å². The van der Waals surface area contributed by atoms with Gasteiger partial charge in [-0.15, -0.1) is 0 Å². The van der Waals surface area contributed by atoms with Crippen molar-refractivity contribution < 1.29 is 22.7 Å². The minimum atomic E-state index is -4.62. The van der Waals surface area contributed by atoms with Gasteiger partial charge in [-0.1, -0.05) is 13.8 Å². The third-order valence-electron chi connectivity index (χ3n) is 4.48. The molecule has 1 amide bonds. The van der Waals surface area contributed by atoms with E-state index in [9.17, 15) is 18.0 Å². The van der Waals surface area contributed by atoms with Crippen LogP contribution in [0.25, 0.3) is 10.9 Å². The van der Waals surface area contributed by atoms with Crippen LogP contribution in [-0.4, -0.2) is 59.9 Å². The highest BCUT2D eigenvalue weighted by atomic mass is 19.4. The number of rotatable bonds is 7. The van der Waals surface area contributed by atoms with Crippen LogP contribution in [0.15, 0.2) is 18.2 Å². The van der Waals surface area contributed by atoms with Crippen LogP contribution < -0.4 is 10.5 Å². The zero-order valence-electron chi connectivity index (χ0n) is 16.0. The Morgan fingerprint density at radius 2 is 1.89 bits per heavy atom. The van der Waals surface area contributed by atoms with Gasteiger partial charge in [-0.25, -0.2) is 0 Å². The molecule has 2 rings (SSSR count). The van der Waals surface area contributed by atoms with Gasteiger partial charge in [0, 0.05) is 25.0 Å². The van der Waals surface area contributed by atoms with E-state index in [-0.39, 0.29) is 29.0 Å². The number of halogens is 3. The first-order chi connectivity index (χ1) is 13.1. The molecule has 154 valence electrons. The molecule has 0 spiro atoms. The molecule has 0 aliphatic carbocycles. The maximum Gasteiger partial charge on any atom is 0.417 e. The molecule has 0 saturated carbocycles. The fraction of sp³-hybridized carbons (Fsp3) is 0.444. The van der Waals surface area contributed by atoms with Crippen molar-refractivity contribution >= 4 is 22.8 Å². The summed E-state index contributed by atoms with van der Waals surface area (Å²) in [6.45, 7) is 6.45. The summed E-state index contributed by atoms with van der Waals surface area (Å²) in [6.07, 6.45) is -4.62. The molecule has 0 bridgehead atoms. The van der Waals surface area contributed by atoms with Gasteiger partial charge >= 0.3 is 6.18 Å². The third kappa shape index (κ3) is 4.75. The molecule has 0 atom stereocenters. The molecule has 28 heavy (non-hydrogen) atoms. The standard InChI is InChI=1S/C18H24F3N5O2/c1-4-26(5-2)6-7-28-11-8-13(18(19,20)21)12-10-15(24-14(12)9-11)16(27)25(3)17(22)23/h8-10,24H,4-7H2,1-3H3,(H3,22,23). The van der Waals surface area contributed by atoms with Gasteiger partial charge in [0.05, 0.1) is 11.1 Å². The average molecular weight is 399 g/mol. The lowest BCUT2D eigenvalue weighted by atomic mass is 10.1. The van der Waals surface area contributed by atoms with Crippen molar-refractivity contribution in [2.45, 2.75) is 20.0 Å². The van der Waals surface area contributed by atoms with E-state index in [4.69, 9.17) is 15.9 Å². The summed E-state index contributed by atoms with van der Waals surface area (Å²) in [5.41, 5.74) is 4.38. The second kappa shape index (κ2) is 8.51. The second-order valence-electron chi connectivity index (χ2n) is 6.24. The van der Waals surface area contributed by atoms with Crippen molar-refractivity contribution in [2.75, 3.05) is 33.3 Å². The maximum atomic E-state index is 13.5. The maximum absolute atomic E-state index is 13.5. The molecule has 0 radical (unpaired) electrons. The van der Waals surface area contributed by atoms with Gasteiger partial charge in [0.1, 0.15) is 18.1 Å². The summed E-state index contributed by atoms with van der Waals surface area (Å²) in [5, 5.41) is 7.15. The zero-order valence-corrected chi connectivity index (χ0v) is 16.0. The Morgan fingerprint density at radius 3 is 2.43 bits per heavy atom. The molecule has 2 aromatic rings. The molecule has 10 heteroatoms. The SMILES string of the molecule is CCN(CC)CCOc1cc(C(F)(F)F)c2cc(C(=O)N(C)C(=N)N)[nH]c2c1. The molecule has 0 aliphatic rings. The topological polar surface area (TPSA) is 98.4 Å². The number of guanidine groups is 1. The summed E-state index contributed by atoms with van der Waals surface area (Å²) in [6, 6.07) is 3.47. The predicted molar refractivity (Wildman–Crippen MR) is 101 cm³/mol. The van der Waals surface area contributed by atoms with Crippen LogP contribution >= 0.6 is 0 Å². The monoisotopic (exact) mass is 399 g/mol. The lowest BCUT2D eigenvalue weighted by Gasteiger charge is -2.18. The Balaban J connectivity index is 2.38. The van der Waals surface area contributed by atoms with Crippen LogP contribution in [0.3, 0.4) is 0 Å². The van der Waals surface area contributed by atoms with Crippen LogP contribution in [-0.2, 0) is 6.18 Å². The number of nitrogens with two attached hydrogens (primary N) is 1. The number of aromatic amines is 1. The smallest absolute Gasteiger partial charge is 0.417 e. The number of likely N-dealkylation sites (N-methyl/N-ethyl adjacent to an activating group) is 1. The summed E-state index contributed by atoms with van der Waals surface area (Å²) in [7, 11) is 1.27. The molecule has 0 unspecified atom stereocenters. The lowest BCUT2D eigenvalue weighted by Crippen LogP contribution is -2.38. The van der Waals surface area contributed by atoms with Gasteiger partial charge < -0.3 is 20.4 Å². The van der Waals surface area contributed by atoms with Crippen LogP contribution in [0.1, 0.15) is 29.9 Å². The highest BCUT2D eigenvalue weighted by Crippen LogP contribution is 2.38. The zero-order chi connectivity index (χ0) is 21.1. The lowest BCUT2D eigenvalue weighted by molar-refractivity contribution is -0.136. The number of hydrogen-bond acceptors (Lipinski definition) is 4. The van der Waals surface area contributed by atoms with E-state index in [0.29, 0.717) is 6.54 Å². The van der Waals surface area contributed by atoms with Crippen molar-refractivity contribution in [1.82, 2.24) is 14.8 Å². The van der Waals surface area contributed by atoms with Gasteiger partial charge in [-0.05, 0) is 25.2 Å². The Hall–Kier alpha value is -2.75.